The van der Waals surface area contributed by atoms with Crippen LogP contribution in [-0.2, 0) is 22.6 Å². The van der Waals surface area contributed by atoms with E-state index in [0.717, 1.165) is 19.4 Å². The van der Waals surface area contributed by atoms with Gasteiger partial charge in [0.05, 0.1) is 11.1 Å². The first kappa shape index (κ1) is 25.3. The molecule has 2 amide bonds. The molecular formula is C22H26Cl3N3O3. The van der Waals surface area contributed by atoms with Crippen molar-refractivity contribution in [3.63, 3.8) is 0 Å². The number of hydrogen-bond acceptors (Lipinski definition) is 4. The van der Waals surface area contributed by atoms with Gasteiger partial charge >= 0.3 is 0 Å². The average Bonchev–Trinajstić information content (AvgIpc) is 3.18. The number of carbonyl (C=O) groups excluding carboxylic acids is 2. The van der Waals surface area contributed by atoms with E-state index < -0.39 is 6.04 Å². The summed E-state index contributed by atoms with van der Waals surface area (Å²) in [7, 11) is 0. The van der Waals surface area contributed by atoms with Crippen LogP contribution in [0.3, 0.4) is 0 Å². The molecule has 0 bridgehead atoms. The molecule has 31 heavy (non-hydrogen) atoms. The van der Waals surface area contributed by atoms with Gasteiger partial charge < -0.3 is 21.1 Å². The van der Waals surface area contributed by atoms with Crippen LogP contribution in [-0.4, -0.2) is 35.5 Å². The zero-order valence-corrected chi connectivity index (χ0v) is 19.4. The lowest BCUT2D eigenvalue weighted by Gasteiger charge is -2.17. The lowest BCUT2D eigenvalue weighted by atomic mass is 9.96. The van der Waals surface area contributed by atoms with Crippen molar-refractivity contribution in [2.45, 2.75) is 38.4 Å². The molecule has 0 unspecified atom stereocenters. The van der Waals surface area contributed by atoms with Crippen molar-refractivity contribution in [2.24, 2.45) is 5.92 Å². The lowest BCUT2D eigenvalue weighted by Crippen LogP contribution is -2.49. The predicted molar refractivity (Wildman–Crippen MR) is 125 cm³/mol. The number of benzene rings is 2. The second-order valence-electron chi connectivity index (χ2n) is 7.60. The van der Waals surface area contributed by atoms with Gasteiger partial charge in [-0.3, -0.25) is 9.59 Å². The Morgan fingerprint density at radius 3 is 2.65 bits per heavy atom. The van der Waals surface area contributed by atoms with E-state index >= 15 is 0 Å². The van der Waals surface area contributed by atoms with Crippen molar-refractivity contribution in [1.82, 2.24) is 16.0 Å². The molecule has 1 fully saturated rings. The summed E-state index contributed by atoms with van der Waals surface area (Å²) in [5, 5.41) is 19.1. The number of aromatic hydroxyl groups is 1. The number of halogens is 3. The van der Waals surface area contributed by atoms with Crippen LogP contribution >= 0.6 is 35.6 Å². The molecule has 0 aliphatic carbocycles. The maximum Gasteiger partial charge on any atom is 0.242 e. The minimum Gasteiger partial charge on any atom is -0.506 e. The number of rotatable bonds is 7. The Hall–Kier alpha value is -1.99. The maximum atomic E-state index is 12.5. The Labute approximate surface area is 198 Å². The van der Waals surface area contributed by atoms with E-state index in [1.54, 1.807) is 6.92 Å². The molecule has 1 saturated heterocycles. The highest BCUT2D eigenvalue weighted by Gasteiger charge is 2.30. The zero-order chi connectivity index (χ0) is 21.7. The van der Waals surface area contributed by atoms with Crippen LogP contribution in [0.15, 0.2) is 42.5 Å². The molecule has 1 heterocycles. The predicted octanol–water partition coefficient (Wildman–Crippen LogP) is 3.46. The van der Waals surface area contributed by atoms with Gasteiger partial charge in [-0.05, 0) is 49.9 Å². The first-order valence-electron chi connectivity index (χ1n) is 9.85. The topological polar surface area (TPSA) is 90.5 Å². The summed E-state index contributed by atoms with van der Waals surface area (Å²) in [5.41, 5.74) is 1.66. The third-order valence-corrected chi connectivity index (χ3v) is 5.72. The number of phenols is 1. The summed E-state index contributed by atoms with van der Waals surface area (Å²) in [6.07, 6.45) is 1.64. The third kappa shape index (κ3) is 7.01. The standard InChI is InChI=1S/C22H25Cl2N3O3.ClH/c1-13(21(29)26-12-16-9-17(23)10-18(24)20(16)28)27-22(30)19-8-15(11-25-19)7-14-5-3-2-4-6-14;/h2-6,9-10,13,15,19,25,28H,7-8,11-12H2,1H3,(H,26,29)(H,27,30);1H/t13-,15-,19+;/m0./s1. The van der Waals surface area contributed by atoms with Crippen molar-refractivity contribution < 1.29 is 14.7 Å². The summed E-state index contributed by atoms with van der Waals surface area (Å²) in [6.45, 7) is 2.43. The number of hydrogen-bond donors (Lipinski definition) is 4. The van der Waals surface area contributed by atoms with E-state index in [2.05, 4.69) is 28.1 Å². The molecule has 0 aromatic heterocycles. The number of phenolic OH excluding ortho intramolecular Hbond substituents is 1. The first-order chi connectivity index (χ1) is 14.3. The Bertz CT molecular complexity index is 912. The van der Waals surface area contributed by atoms with E-state index in [4.69, 9.17) is 23.2 Å². The Morgan fingerprint density at radius 1 is 1.23 bits per heavy atom. The molecule has 2 aromatic carbocycles. The summed E-state index contributed by atoms with van der Waals surface area (Å²) < 4.78 is 0. The SMILES string of the molecule is C[C@H](NC(=O)[C@H]1C[C@H](Cc2ccccc2)CN1)C(=O)NCc1cc(Cl)cc(Cl)c1O.Cl. The van der Waals surface area contributed by atoms with Crippen LogP contribution in [0.25, 0.3) is 0 Å². The number of carbonyl (C=O) groups is 2. The van der Waals surface area contributed by atoms with E-state index in [9.17, 15) is 14.7 Å². The molecule has 0 saturated carbocycles. The van der Waals surface area contributed by atoms with Crippen LogP contribution in [0.5, 0.6) is 5.75 Å². The summed E-state index contributed by atoms with van der Waals surface area (Å²) >= 11 is 11.8. The Kier molecular flexibility index (Phi) is 9.44. The van der Waals surface area contributed by atoms with Crippen LogP contribution in [0.1, 0.15) is 24.5 Å². The highest BCUT2D eigenvalue weighted by atomic mass is 35.5. The van der Waals surface area contributed by atoms with Crippen molar-refractivity contribution >= 4 is 47.4 Å². The van der Waals surface area contributed by atoms with Gasteiger partial charge in [0.1, 0.15) is 11.8 Å². The van der Waals surface area contributed by atoms with Gasteiger partial charge in [0.15, 0.2) is 0 Å². The molecule has 2 aromatic rings. The molecule has 0 radical (unpaired) electrons. The van der Waals surface area contributed by atoms with Gasteiger partial charge in [0, 0.05) is 17.1 Å². The molecule has 4 N–H and O–H groups in total. The number of nitrogens with one attached hydrogen (secondary N) is 3. The minimum atomic E-state index is -0.718. The van der Waals surface area contributed by atoms with Crippen molar-refractivity contribution in [3.05, 3.63) is 63.6 Å². The summed E-state index contributed by atoms with van der Waals surface area (Å²) in [5.74, 6) is -0.306. The average molecular weight is 487 g/mol. The van der Waals surface area contributed by atoms with Crippen LogP contribution in [0, 0.1) is 5.92 Å². The van der Waals surface area contributed by atoms with Crippen LogP contribution in [0.2, 0.25) is 10.0 Å². The molecule has 3 atom stereocenters. The minimum absolute atomic E-state index is 0. The van der Waals surface area contributed by atoms with Gasteiger partial charge in [-0.15, -0.1) is 12.4 Å². The zero-order valence-electron chi connectivity index (χ0n) is 17.0. The molecule has 9 heteroatoms. The van der Waals surface area contributed by atoms with E-state index in [0.29, 0.717) is 16.5 Å². The fourth-order valence-corrected chi connectivity index (χ4v) is 4.12. The van der Waals surface area contributed by atoms with Gasteiger partial charge in [0.25, 0.3) is 0 Å². The lowest BCUT2D eigenvalue weighted by molar-refractivity contribution is -0.129. The van der Waals surface area contributed by atoms with Gasteiger partial charge in [-0.2, -0.15) is 0 Å². The van der Waals surface area contributed by atoms with Crippen LogP contribution in [0.4, 0.5) is 0 Å². The van der Waals surface area contributed by atoms with Gasteiger partial charge in [-0.1, -0.05) is 53.5 Å². The largest absolute Gasteiger partial charge is 0.506 e. The third-order valence-electron chi connectivity index (χ3n) is 5.22. The van der Waals surface area contributed by atoms with Crippen molar-refractivity contribution in [3.8, 4) is 5.75 Å². The first-order valence-corrected chi connectivity index (χ1v) is 10.6. The Morgan fingerprint density at radius 2 is 1.94 bits per heavy atom. The summed E-state index contributed by atoms with van der Waals surface area (Å²) in [6, 6.07) is 12.1. The number of amides is 2. The normalized spacial score (nSPS) is 18.7. The van der Waals surface area contributed by atoms with E-state index in [1.807, 2.05) is 18.2 Å². The molecular weight excluding hydrogens is 461 g/mol. The molecule has 1 aliphatic heterocycles. The van der Waals surface area contributed by atoms with Gasteiger partial charge in [-0.25, -0.2) is 0 Å². The smallest absolute Gasteiger partial charge is 0.242 e. The van der Waals surface area contributed by atoms with E-state index in [1.165, 1.54) is 17.7 Å². The second-order valence-corrected chi connectivity index (χ2v) is 8.44. The molecule has 0 spiro atoms. The fourth-order valence-electron chi connectivity index (χ4n) is 3.58. The molecule has 3 rings (SSSR count). The van der Waals surface area contributed by atoms with Crippen LogP contribution < -0.4 is 16.0 Å². The molecule has 168 valence electrons. The monoisotopic (exact) mass is 485 g/mol. The Balaban J connectivity index is 0.00000341. The summed E-state index contributed by atoms with van der Waals surface area (Å²) in [4.78, 5) is 24.9. The molecule has 1 aliphatic rings. The maximum absolute atomic E-state index is 12.5. The van der Waals surface area contributed by atoms with Gasteiger partial charge in [0.2, 0.25) is 11.8 Å². The van der Waals surface area contributed by atoms with Crippen molar-refractivity contribution in [2.75, 3.05) is 6.54 Å². The molecule has 6 nitrogen and oxygen atoms in total. The highest BCUT2D eigenvalue weighted by molar-refractivity contribution is 6.35. The fraction of sp³-hybridized carbons (Fsp3) is 0.364. The second kappa shape index (κ2) is 11.6. The quantitative estimate of drug-likeness (QED) is 0.482. The van der Waals surface area contributed by atoms with Crippen molar-refractivity contribution in [1.29, 1.82) is 0 Å². The highest BCUT2D eigenvalue weighted by Crippen LogP contribution is 2.31. The van der Waals surface area contributed by atoms with E-state index in [-0.39, 0.29) is 47.6 Å².